The maximum Gasteiger partial charge on any atom is 0.0553 e. The van der Waals surface area contributed by atoms with Crippen LogP contribution in [0.15, 0.2) is 0 Å². The van der Waals surface area contributed by atoms with Crippen molar-refractivity contribution in [2.24, 2.45) is 5.73 Å². The second kappa shape index (κ2) is 8.86. The first kappa shape index (κ1) is 8.99. The van der Waals surface area contributed by atoms with Gasteiger partial charge in [-0.25, -0.2) is 0 Å². The minimum absolute atomic E-state index is 0. The Labute approximate surface area is 38.4 Å². The number of nitrogens with two attached hydrogens (primary N) is 1. The summed E-state index contributed by atoms with van der Waals surface area (Å²) in [6.07, 6.45) is 0. The van der Waals surface area contributed by atoms with Crippen molar-refractivity contribution in [1.82, 2.24) is 0 Å². The van der Waals surface area contributed by atoms with Gasteiger partial charge in [0.1, 0.15) is 0 Å². The minimum atomic E-state index is 0. The minimum Gasteiger partial charge on any atom is -0.395 e. The Bertz CT molecular complexity index is 11.6. The number of hydrogen-bond donors (Lipinski definition) is 2. The number of aliphatic hydroxyl groups excluding tert-OH is 1. The first-order valence-electron chi connectivity index (χ1n) is 1.22. The maximum absolute atomic E-state index is 7.75. The van der Waals surface area contributed by atoms with E-state index in [1.165, 1.54) is 0 Å². The fourth-order valence-corrected chi connectivity index (χ4v) is 0. The van der Waals surface area contributed by atoms with Crippen LogP contribution < -0.4 is 5.73 Å². The molecule has 0 aliphatic carbocycles. The van der Waals surface area contributed by atoms with Gasteiger partial charge in [-0.2, -0.15) is 13.5 Å². The van der Waals surface area contributed by atoms with Crippen molar-refractivity contribution >= 4 is 13.5 Å². The zero-order valence-electron chi connectivity index (χ0n) is 2.94. The van der Waals surface area contributed by atoms with Crippen molar-refractivity contribution < 1.29 is 5.11 Å². The van der Waals surface area contributed by atoms with Crippen LogP contribution in [0.3, 0.4) is 0 Å². The quantitative estimate of drug-likeness (QED) is 0.441. The van der Waals surface area contributed by atoms with Gasteiger partial charge in [-0.05, 0) is 0 Å². The zero-order chi connectivity index (χ0) is 3.41. The van der Waals surface area contributed by atoms with Crippen molar-refractivity contribution in [3.8, 4) is 0 Å². The summed E-state index contributed by atoms with van der Waals surface area (Å²) < 4.78 is 0. The third-order valence-electron chi connectivity index (χ3n) is 0.129. The Kier molecular flexibility index (Phi) is 15.9. The molecular formula is C2H9NOS. The lowest BCUT2D eigenvalue weighted by Gasteiger charge is -1.71. The lowest BCUT2D eigenvalue weighted by Crippen LogP contribution is -2.02. The lowest BCUT2D eigenvalue weighted by atomic mass is 10.8. The van der Waals surface area contributed by atoms with E-state index in [-0.39, 0.29) is 20.1 Å². The predicted octanol–water partition coefficient (Wildman–Crippen LogP) is -0.950. The van der Waals surface area contributed by atoms with Crippen molar-refractivity contribution in [3.05, 3.63) is 0 Å². The molecule has 34 valence electrons. The SMILES string of the molecule is NCCO.S. The highest BCUT2D eigenvalue weighted by molar-refractivity contribution is 7.59. The second-order valence-corrected chi connectivity index (χ2v) is 0.512. The summed E-state index contributed by atoms with van der Waals surface area (Å²) in [6, 6.07) is 0. The molecule has 0 amide bonds. The molecule has 0 saturated carbocycles. The van der Waals surface area contributed by atoms with Crippen LogP contribution in [0, 0.1) is 0 Å². The molecule has 0 atom stereocenters. The molecule has 3 N–H and O–H groups in total. The third kappa shape index (κ3) is 13.6. The molecule has 0 fully saturated rings. The standard InChI is InChI=1S/C2H7NO.H2S/c3-1-2-4;/h4H,1-3H2;1H2. The van der Waals surface area contributed by atoms with Gasteiger partial charge in [-0.3, -0.25) is 0 Å². The van der Waals surface area contributed by atoms with E-state index >= 15 is 0 Å². The summed E-state index contributed by atoms with van der Waals surface area (Å²) in [7, 11) is 0. The number of hydrogen-bond acceptors (Lipinski definition) is 2. The normalized spacial score (nSPS) is 6.00. The molecule has 0 aliphatic heterocycles. The zero-order valence-corrected chi connectivity index (χ0v) is 3.94. The van der Waals surface area contributed by atoms with Crippen molar-refractivity contribution in [2.45, 2.75) is 0 Å². The van der Waals surface area contributed by atoms with E-state index < -0.39 is 0 Å². The van der Waals surface area contributed by atoms with E-state index in [4.69, 9.17) is 10.8 Å². The van der Waals surface area contributed by atoms with Gasteiger partial charge < -0.3 is 10.8 Å². The largest absolute Gasteiger partial charge is 0.395 e. The van der Waals surface area contributed by atoms with Crippen molar-refractivity contribution in [2.75, 3.05) is 13.2 Å². The van der Waals surface area contributed by atoms with Crippen LogP contribution in [0.25, 0.3) is 0 Å². The van der Waals surface area contributed by atoms with Gasteiger partial charge in [0.2, 0.25) is 0 Å². The fourth-order valence-electron chi connectivity index (χ4n) is 0. The molecule has 0 aromatic rings. The van der Waals surface area contributed by atoms with E-state index in [0.717, 1.165) is 0 Å². The third-order valence-corrected chi connectivity index (χ3v) is 0.129. The summed E-state index contributed by atoms with van der Waals surface area (Å²) in [6.45, 7) is 0.472. The Morgan fingerprint density at radius 1 is 1.60 bits per heavy atom. The lowest BCUT2D eigenvalue weighted by molar-refractivity contribution is 0.306. The fraction of sp³-hybridized carbons (Fsp3) is 1.00. The van der Waals surface area contributed by atoms with Crippen LogP contribution in [0.4, 0.5) is 0 Å². The monoisotopic (exact) mass is 95.0 g/mol. The molecule has 0 saturated heterocycles. The Morgan fingerprint density at radius 2 is 1.80 bits per heavy atom. The molecule has 0 spiro atoms. The smallest absolute Gasteiger partial charge is 0.0553 e. The van der Waals surface area contributed by atoms with Crippen LogP contribution in [0.2, 0.25) is 0 Å². The van der Waals surface area contributed by atoms with Gasteiger partial charge in [0, 0.05) is 6.54 Å². The molecule has 5 heavy (non-hydrogen) atoms. The Morgan fingerprint density at radius 3 is 1.80 bits per heavy atom. The summed E-state index contributed by atoms with van der Waals surface area (Å²) in [5, 5.41) is 7.75. The van der Waals surface area contributed by atoms with Crippen LogP contribution in [0.5, 0.6) is 0 Å². The molecule has 0 aromatic heterocycles. The highest BCUT2D eigenvalue weighted by atomic mass is 32.1. The molecular weight excluding hydrogens is 86.1 g/mol. The predicted molar refractivity (Wildman–Crippen MR) is 26.5 cm³/mol. The summed E-state index contributed by atoms with van der Waals surface area (Å²) in [5.41, 5.74) is 4.78. The molecule has 0 heterocycles. The first-order chi connectivity index (χ1) is 1.91. The van der Waals surface area contributed by atoms with E-state index in [1.54, 1.807) is 0 Å². The molecule has 2 nitrogen and oxygen atoms in total. The van der Waals surface area contributed by atoms with E-state index in [0.29, 0.717) is 6.54 Å². The van der Waals surface area contributed by atoms with Crippen molar-refractivity contribution in [1.29, 1.82) is 0 Å². The van der Waals surface area contributed by atoms with E-state index in [2.05, 4.69) is 0 Å². The van der Waals surface area contributed by atoms with Crippen LogP contribution >= 0.6 is 13.5 Å². The second-order valence-electron chi connectivity index (χ2n) is 0.512. The summed E-state index contributed by atoms with van der Waals surface area (Å²) in [4.78, 5) is 0. The topological polar surface area (TPSA) is 46.2 Å². The van der Waals surface area contributed by atoms with Gasteiger partial charge in [0.05, 0.1) is 6.61 Å². The van der Waals surface area contributed by atoms with Crippen LogP contribution in [-0.2, 0) is 0 Å². The van der Waals surface area contributed by atoms with E-state index in [1.807, 2.05) is 0 Å². The molecule has 0 radical (unpaired) electrons. The van der Waals surface area contributed by atoms with E-state index in [9.17, 15) is 0 Å². The Balaban J connectivity index is 0. The van der Waals surface area contributed by atoms with Gasteiger partial charge in [0.25, 0.3) is 0 Å². The molecule has 0 aliphatic rings. The van der Waals surface area contributed by atoms with Crippen molar-refractivity contribution in [3.63, 3.8) is 0 Å². The van der Waals surface area contributed by atoms with Gasteiger partial charge >= 0.3 is 0 Å². The molecule has 0 bridgehead atoms. The number of aliphatic hydroxyl groups is 1. The highest BCUT2D eigenvalue weighted by Crippen LogP contribution is 1.33. The highest BCUT2D eigenvalue weighted by Gasteiger charge is 1.56. The molecule has 0 unspecified atom stereocenters. The summed E-state index contributed by atoms with van der Waals surface area (Å²) in [5.74, 6) is 0. The Hall–Kier alpha value is 0.270. The van der Waals surface area contributed by atoms with Crippen LogP contribution in [-0.4, -0.2) is 18.3 Å². The average molecular weight is 95.2 g/mol. The van der Waals surface area contributed by atoms with Gasteiger partial charge in [-0.1, -0.05) is 0 Å². The average Bonchev–Trinajstić information content (AvgIpc) is 1.37. The van der Waals surface area contributed by atoms with Gasteiger partial charge in [0.15, 0.2) is 0 Å². The van der Waals surface area contributed by atoms with Crippen LogP contribution in [0.1, 0.15) is 0 Å². The molecule has 0 aromatic carbocycles. The maximum atomic E-state index is 7.75. The van der Waals surface area contributed by atoms with Gasteiger partial charge in [-0.15, -0.1) is 0 Å². The summed E-state index contributed by atoms with van der Waals surface area (Å²) >= 11 is 0. The number of rotatable bonds is 1. The first-order valence-corrected chi connectivity index (χ1v) is 1.22. The molecule has 3 heteroatoms. The molecule has 0 rings (SSSR count).